The standard InChI is InChI=1S/C28H37N3O5S/c1-7-13-29(5)25(33)22-21-15-17(3)28(37-21)23(22)26(34)31(18(4)16-32)24(28)27(35)30(14-8-2)19-9-11-20(36-6)12-10-19/h7-12,17-18,21-24,32H,1-2,13-16H2,3-6H3/t17?,18-,21-,22+,23+,24?,28?/m1/s1. The largest absolute Gasteiger partial charge is 0.497 e. The van der Waals surface area contributed by atoms with Crippen LogP contribution >= 0.6 is 11.8 Å². The average Bonchev–Trinajstić information content (AvgIpc) is 3.49. The molecule has 1 aromatic rings. The highest BCUT2D eigenvalue weighted by atomic mass is 32.2. The molecule has 0 aliphatic carbocycles. The number of likely N-dealkylation sites (N-methyl/N-ethyl adjacent to an activating group) is 1. The van der Waals surface area contributed by atoms with E-state index in [-0.39, 0.29) is 42.0 Å². The molecular weight excluding hydrogens is 490 g/mol. The zero-order valence-electron chi connectivity index (χ0n) is 22.0. The number of hydrogen-bond donors (Lipinski definition) is 1. The van der Waals surface area contributed by atoms with Gasteiger partial charge in [0, 0.05) is 31.1 Å². The maximum absolute atomic E-state index is 14.5. The predicted molar refractivity (Wildman–Crippen MR) is 145 cm³/mol. The summed E-state index contributed by atoms with van der Waals surface area (Å²) in [6.07, 6.45) is 4.08. The third-order valence-corrected chi connectivity index (χ3v) is 10.3. The van der Waals surface area contributed by atoms with E-state index in [0.29, 0.717) is 18.0 Å². The number of carbonyl (C=O) groups excluding carboxylic acids is 3. The second-order valence-corrected chi connectivity index (χ2v) is 11.8. The van der Waals surface area contributed by atoms with Gasteiger partial charge in [0.25, 0.3) is 5.91 Å². The molecule has 2 bridgehead atoms. The summed E-state index contributed by atoms with van der Waals surface area (Å²) in [4.78, 5) is 47.0. The van der Waals surface area contributed by atoms with E-state index in [9.17, 15) is 19.5 Å². The van der Waals surface area contributed by atoms with Crippen LogP contribution in [0.25, 0.3) is 0 Å². The molecule has 1 aromatic carbocycles. The quantitative estimate of drug-likeness (QED) is 0.471. The van der Waals surface area contributed by atoms with Gasteiger partial charge in [0.1, 0.15) is 11.8 Å². The highest BCUT2D eigenvalue weighted by Gasteiger charge is 2.76. The van der Waals surface area contributed by atoms with Crippen molar-refractivity contribution < 1.29 is 24.2 Å². The minimum Gasteiger partial charge on any atom is -0.497 e. The molecule has 3 aliphatic heterocycles. The smallest absolute Gasteiger partial charge is 0.251 e. The molecule has 1 N–H and O–H groups in total. The van der Waals surface area contributed by atoms with Crippen LogP contribution in [0.2, 0.25) is 0 Å². The van der Waals surface area contributed by atoms with Crippen LogP contribution in [-0.2, 0) is 14.4 Å². The number of aliphatic hydroxyl groups excluding tert-OH is 1. The summed E-state index contributed by atoms with van der Waals surface area (Å²) in [5.41, 5.74) is 0.665. The molecule has 8 nitrogen and oxygen atoms in total. The highest BCUT2D eigenvalue weighted by molar-refractivity contribution is 8.02. The lowest BCUT2D eigenvalue weighted by atomic mass is 9.65. The number of likely N-dealkylation sites (tertiary alicyclic amines) is 1. The Kier molecular flexibility index (Phi) is 7.76. The maximum atomic E-state index is 14.5. The Morgan fingerprint density at radius 2 is 1.89 bits per heavy atom. The van der Waals surface area contributed by atoms with Crippen molar-refractivity contribution in [3.05, 3.63) is 49.6 Å². The third kappa shape index (κ3) is 4.16. The third-order valence-electron chi connectivity index (χ3n) is 8.18. The van der Waals surface area contributed by atoms with E-state index in [2.05, 4.69) is 20.1 Å². The fraction of sp³-hybridized carbons (Fsp3) is 0.536. The molecule has 3 saturated heterocycles. The lowest BCUT2D eigenvalue weighted by molar-refractivity contribution is -0.144. The Labute approximate surface area is 223 Å². The van der Waals surface area contributed by atoms with E-state index in [1.165, 1.54) is 0 Å². The molecule has 200 valence electrons. The number of nitrogens with zero attached hydrogens (tertiary/aromatic N) is 3. The van der Waals surface area contributed by atoms with Crippen molar-refractivity contribution in [2.45, 2.75) is 42.3 Å². The van der Waals surface area contributed by atoms with Crippen LogP contribution < -0.4 is 9.64 Å². The molecule has 3 heterocycles. The monoisotopic (exact) mass is 527 g/mol. The van der Waals surface area contributed by atoms with Gasteiger partial charge in [-0.15, -0.1) is 24.9 Å². The fourth-order valence-corrected chi connectivity index (χ4v) is 8.88. The van der Waals surface area contributed by atoms with Crippen LogP contribution in [0.3, 0.4) is 0 Å². The number of fused-ring (bicyclic) bond motifs is 1. The number of carbonyl (C=O) groups is 3. The van der Waals surface area contributed by atoms with Crippen molar-refractivity contribution in [1.29, 1.82) is 0 Å². The van der Waals surface area contributed by atoms with Gasteiger partial charge in [-0.2, -0.15) is 0 Å². The van der Waals surface area contributed by atoms with Crippen molar-refractivity contribution in [3.8, 4) is 5.75 Å². The first-order valence-electron chi connectivity index (χ1n) is 12.7. The minimum atomic E-state index is -0.818. The van der Waals surface area contributed by atoms with Crippen LogP contribution in [0.1, 0.15) is 20.3 Å². The summed E-state index contributed by atoms with van der Waals surface area (Å²) in [7, 11) is 3.31. The molecule has 0 aromatic heterocycles. The molecule has 0 radical (unpaired) electrons. The van der Waals surface area contributed by atoms with Gasteiger partial charge >= 0.3 is 0 Å². The molecule has 37 heavy (non-hydrogen) atoms. The lowest BCUT2D eigenvalue weighted by Gasteiger charge is -2.41. The molecule has 3 fully saturated rings. The van der Waals surface area contributed by atoms with Gasteiger partial charge in [0.2, 0.25) is 11.8 Å². The van der Waals surface area contributed by atoms with Crippen molar-refractivity contribution in [1.82, 2.24) is 9.80 Å². The summed E-state index contributed by atoms with van der Waals surface area (Å²) in [5, 5.41) is 10.1. The Morgan fingerprint density at radius 1 is 1.24 bits per heavy atom. The van der Waals surface area contributed by atoms with Gasteiger partial charge < -0.3 is 24.5 Å². The van der Waals surface area contributed by atoms with E-state index in [4.69, 9.17) is 4.74 Å². The number of hydrogen-bond acceptors (Lipinski definition) is 6. The molecule has 9 heteroatoms. The number of thioether (sulfide) groups is 1. The zero-order chi connectivity index (χ0) is 27.1. The van der Waals surface area contributed by atoms with E-state index >= 15 is 0 Å². The van der Waals surface area contributed by atoms with Crippen molar-refractivity contribution in [2.24, 2.45) is 17.8 Å². The van der Waals surface area contributed by atoms with Gasteiger partial charge in [-0.05, 0) is 43.5 Å². The molecule has 4 rings (SSSR count). The molecule has 0 saturated carbocycles. The van der Waals surface area contributed by atoms with Gasteiger partial charge in [0.15, 0.2) is 0 Å². The first-order chi connectivity index (χ1) is 17.7. The predicted octanol–water partition coefficient (Wildman–Crippen LogP) is 2.58. The number of amides is 3. The number of anilines is 1. The number of aliphatic hydroxyl groups is 1. The van der Waals surface area contributed by atoms with Gasteiger partial charge in [-0.25, -0.2) is 0 Å². The van der Waals surface area contributed by atoms with E-state index < -0.39 is 28.7 Å². The van der Waals surface area contributed by atoms with Crippen molar-refractivity contribution in [2.75, 3.05) is 38.8 Å². The number of benzene rings is 1. The van der Waals surface area contributed by atoms with Crippen LogP contribution in [0.15, 0.2) is 49.6 Å². The Morgan fingerprint density at radius 3 is 2.46 bits per heavy atom. The zero-order valence-corrected chi connectivity index (χ0v) is 22.8. The molecule has 1 spiro atoms. The highest BCUT2D eigenvalue weighted by Crippen LogP contribution is 2.69. The number of rotatable bonds is 10. The molecule has 7 atom stereocenters. The van der Waals surface area contributed by atoms with E-state index in [1.807, 2.05) is 12.1 Å². The number of ether oxygens (including phenoxy) is 1. The van der Waals surface area contributed by atoms with Crippen LogP contribution in [0.4, 0.5) is 5.69 Å². The second kappa shape index (κ2) is 10.5. The van der Waals surface area contributed by atoms with Gasteiger partial charge in [-0.1, -0.05) is 19.1 Å². The lowest BCUT2D eigenvalue weighted by Crippen LogP contribution is -2.59. The first-order valence-corrected chi connectivity index (χ1v) is 13.6. The Hall–Kier alpha value is -2.78. The summed E-state index contributed by atoms with van der Waals surface area (Å²) in [6, 6.07) is 5.81. The van der Waals surface area contributed by atoms with Crippen LogP contribution in [0.5, 0.6) is 5.75 Å². The summed E-state index contributed by atoms with van der Waals surface area (Å²) in [6.45, 7) is 11.8. The molecule has 3 aliphatic rings. The summed E-state index contributed by atoms with van der Waals surface area (Å²) in [5.74, 6) is -0.977. The SMILES string of the molecule is C=CCN(C)C(=O)[C@@H]1[C@H]2C(=O)N([C@H](C)CO)C(C(=O)N(CC=C)c3ccc(OC)cc3)C23S[C@@H]1CC3C. The van der Waals surface area contributed by atoms with Crippen LogP contribution in [0, 0.1) is 17.8 Å². The first kappa shape index (κ1) is 27.3. The average molecular weight is 528 g/mol. The van der Waals surface area contributed by atoms with Gasteiger partial charge in [0.05, 0.1) is 36.3 Å². The normalized spacial score (nSPS) is 30.6. The van der Waals surface area contributed by atoms with E-state index in [0.717, 1.165) is 6.42 Å². The molecule has 3 unspecified atom stereocenters. The van der Waals surface area contributed by atoms with Crippen molar-refractivity contribution >= 4 is 35.2 Å². The van der Waals surface area contributed by atoms with Crippen molar-refractivity contribution in [3.63, 3.8) is 0 Å². The fourth-order valence-electron chi connectivity index (χ4n) is 6.48. The molecular formula is C28H37N3O5S. The maximum Gasteiger partial charge on any atom is 0.251 e. The minimum absolute atomic E-state index is 0.0384. The van der Waals surface area contributed by atoms with Crippen LogP contribution in [-0.4, -0.2) is 88.6 Å². The summed E-state index contributed by atoms with van der Waals surface area (Å²) < 4.78 is 4.52. The Bertz CT molecular complexity index is 1080. The second-order valence-electron chi connectivity index (χ2n) is 10.3. The number of methoxy groups -OCH3 is 1. The van der Waals surface area contributed by atoms with E-state index in [1.54, 1.807) is 71.8 Å². The summed E-state index contributed by atoms with van der Waals surface area (Å²) >= 11 is 1.63. The molecule has 3 amide bonds. The van der Waals surface area contributed by atoms with Gasteiger partial charge in [-0.3, -0.25) is 14.4 Å². The topological polar surface area (TPSA) is 90.4 Å². The Balaban J connectivity index is 1.81.